The number of pyridine rings is 1. The van der Waals surface area contributed by atoms with Crippen molar-refractivity contribution in [3.05, 3.63) is 83.9 Å². The fourth-order valence-corrected chi connectivity index (χ4v) is 3.42. The minimum Gasteiger partial charge on any atom is -0.493 e. The van der Waals surface area contributed by atoms with E-state index in [1.165, 1.54) is 0 Å². The van der Waals surface area contributed by atoms with Crippen LogP contribution in [0.3, 0.4) is 0 Å². The van der Waals surface area contributed by atoms with Gasteiger partial charge in [0.05, 0.1) is 36.2 Å². The molecule has 0 aliphatic heterocycles. The molecule has 30 heavy (non-hydrogen) atoms. The average Bonchev–Trinajstić information content (AvgIpc) is 3.14. The van der Waals surface area contributed by atoms with Crippen LogP contribution < -0.4 is 10.1 Å². The highest BCUT2D eigenvalue weighted by Crippen LogP contribution is 2.23. The topological polar surface area (TPSA) is 89.3 Å². The second-order valence-corrected chi connectivity index (χ2v) is 6.93. The first-order chi connectivity index (χ1) is 14.6. The number of imidazole rings is 1. The Morgan fingerprint density at radius 3 is 2.77 bits per heavy atom. The summed E-state index contributed by atoms with van der Waals surface area (Å²) >= 11 is 0. The Hall–Kier alpha value is -3.87. The molecule has 0 aliphatic carbocycles. The lowest BCUT2D eigenvalue weighted by molar-refractivity contribution is 0.209. The maximum atomic E-state index is 11.0. The minimum atomic E-state index is -1.08. The van der Waals surface area contributed by atoms with E-state index >= 15 is 0 Å². The number of nitrogens with zero attached hydrogens (tertiary/aromatic N) is 3. The van der Waals surface area contributed by atoms with Gasteiger partial charge in [0.2, 0.25) is 0 Å². The number of carboxylic acid groups (broad SMARTS) is 1. The van der Waals surface area contributed by atoms with Crippen molar-refractivity contribution in [3.8, 4) is 5.75 Å². The number of hydrogen-bond donors (Lipinski definition) is 2. The summed E-state index contributed by atoms with van der Waals surface area (Å²) in [5.74, 6) is 0.771. The molecule has 0 unspecified atom stereocenters. The van der Waals surface area contributed by atoms with Gasteiger partial charge in [-0.3, -0.25) is 10.3 Å². The van der Waals surface area contributed by atoms with E-state index < -0.39 is 6.09 Å². The van der Waals surface area contributed by atoms with E-state index in [0.29, 0.717) is 25.3 Å². The Morgan fingerprint density at radius 1 is 1.10 bits per heavy atom. The normalized spacial score (nSPS) is 10.8. The Bertz CT molecular complexity index is 1190. The van der Waals surface area contributed by atoms with Crippen LogP contribution in [0.5, 0.6) is 5.75 Å². The van der Waals surface area contributed by atoms with Crippen molar-refractivity contribution in [2.75, 3.05) is 11.9 Å². The van der Waals surface area contributed by atoms with Gasteiger partial charge in [-0.25, -0.2) is 9.78 Å². The largest absolute Gasteiger partial charge is 0.493 e. The molecule has 0 bridgehead atoms. The first-order valence-electron chi connectivity index (χ1n) is 9.67. The number of amides is 1. The molecule has 4 rings (SSSR count). The van der Waals surface area contributed by atoms with E-state index in [1.807, 2.05) is 55.7 Å². The molecule has 2 aromatic carbocycles. The number of ether oxygens (including phenoxy) is 1. The van der Waals surface area contributed by atoms with Crippen molar-refractivity contribution in [3.63, 3.8) is 0 Å². The van der Waals surface area contributed by atoms with Gasteiger partial charge in [0.25, 0.3) is 0 Å². The number of anilines is 1. The number of aromatic nitrogens is 3. The molecule has 2 N–H and O–H groups in total. The van der Waals surface area contributed by atoms with Crippen molar-refractivity contribution in [2.24, 2.45) is 0 Å². The van der Waals surface area contributed by atoms with E-state index in [2.05, 4.69) is 19.9 Å². The van der Waals surface area contributed by atoms with Crippen LogP contribution in [-0.4, -0.2) is 32.3 Å². The zero-order valence-corrected chi connectivity index (χ0v) is 16.6. The summed E-state index contributed by atoms with van der Waals surface area (Å²) in [7, 11) is 0. The summed E-state index contributed by atoms with van der Waals surface area (Å²) < 4.78 is 8.08. The van der Waals surface area contributed by atoms with Gasteiger partial charge in [-0.2, -0.15) is 0 Å². The first-order valence-corrected chi connectivity index (χ1v) is 9.67. The molecule has 4 aromatic rings. The molecule has 0 radical (unpaired) electrons. The van der Waals surface area contributed by atoms with Crippen LogP contribution >= 0.6 is 0 Å². The highest BCUT2D eigenvalue weighted by molar-refractivity contribution is 5.84. The van der Waals surface area contributed by atoms with Crippen molar-refractivity contribution in [2.45, 2.75) is 19.9 Å². The van der Waals surface area contributed by atoms with Crippen LogP contribution in [0.15, 0.2) is 67.1 Å². The maximum Gasteiger partial charge on any atom is 0.409 e. The Labute approximate surface area is 174 Å². The van der Waals surface area contributed by atoms with E-state index in [4.69, 9.17) is 9.84 Å². The zero-order chi connectivity index (χ0) is 20.9. The monoisotopic (exact) mass is 402 g/mol. The van der Waals surface area contributed by atoms with E-state index in [9.17, 15) is 4.79 Å². The number of para-hydroxylation sites is 3. The lowest BCUT2D eigenvalue weighted by atomic mass is 10.1. The molecular formula is C23H22N4O3. The highest BCUT2D eigenvalue weighted by Gasteiger charge is 2.10. The molecule has 2 heterocycles. The fraction of sp³-hybridized carbons (Fsp3) is 0.174. The molecule has 1 amide bonds. The molecule has 152 valence electrons. The molecule has 0 saturated carbocycles. The van der Waals surface area contributed by atoms with Crippen molar-refractivity contribution < 1.29 is 14.6 Å². The molecule has 0 spiro atoms. The number of benzene rings is 2. The van der Waals surface area contributed by atoms with Crippen molar-refractivity contribution in [1.82, 2.24) is 14.5 Å². The van der Waals surface area contributed by atoms with E-state index in [-0.39, 0.29) is 0 Å². The highest BCUT2D eigenvalue weighted by atomic mass is 16.5. The summed E-state index contributed by atoms with van der Waals surface area (Å²) in [5.41, 5.74) is 5.38. The van der Waals surface area contributed by atoms with E-state index in [1.54, 1.807) is 18.3 Å². The molecule has 2 aromatic heterocycles. The lowest BCUT2D eigenvalue weighted by Gasteiger charge is -2.14. The number of fused-ring (bicyclic) bond motifs is 1. The molecule has 0 fully saturated rings. The van der Waals surface area contributed by atoms with Gasteiger partial charge in [0.1, 0.15) is 5.75 Å². The lowest BCUT2D eigenvalue weighted by Crippen LogP contribution is -2.11. The number of rotatable bonds is 7. The summed E-state index contributed by atoms with van der Waals surface area (Å²) in [4.78, 5) is 19.9. The molecule has 7 heteroatoms. The van der Waals surface area contributed by atoms with Gasteiger partial charge < -0.3 is 14.4 Å². The van der Waals surface area contributed by atoms with Crippen LogP contribution in [0.4, 0.5) is 10.5 Å². The Balaban J connectivity index is 1.46. The number of nitrogens with one attached hydrogen (secondary N) is 1. The van der Waals surface area contributed by atoms with Gasteiger partial charge in [-0.05, 0) is 36.8 Å². The van der Waals surface area contributed by atoms with E-state index in [0.717, 1.165) is 33.6 Å². The second-order valence-electron chi connectivity index (χ2n) is 6.93. The van der Waals surface area contributed by atoms with Gasteiger partial charge in [0.15, 0.2) is 0 Å². The third-order valence-electron chi connectivity index (χ3n) is 4.99. The van der Waals surface area contributed by atoms with Gasteiger partial charge in [-0.1, -0.05) is 30.3 Å². The maximum absolute atomic E-state index is 11.0. The van der Waals surface area contributed by atoms with Crippen molar-refractivity contribution >= 4 is 22.8 Å². The molecule has 7 nitrogen and oxygen atoms in total. The Kier molecular flexibility index (Phi) is 5.61. The summed E-state index contributed by atoms with van der Waals surface area (Å²) in [5, 5.41) is 11.4. The van der Waals surface area contributed by atoms with Gasteiger partial charge in [-0.15, -0.1) is 0 Å². The third-order valence-corrected chi connectivity index (χ3v) is 4.99. The first kappa shape index (κ1) is 19.4. The molecule has 0 saturated heterocycles. The SMILES string of the molecule is Cc1c(OCCc2ccccc2NC(=O)O)ccnc1Cn1cnc2ccccc21. The fourth-order valence-electron chi connectivity index (χ4n) is 3.42. The summed E-state index contributed by atoms with van der Waals surface area (Å²) in [6.45, 7) is 3.03. The second kappa shape index (κ2) is 8.65. The van der Waals surface area contributed by atoms with Crippen molar-refractivity contribution in [1.29, 1.82) is 0 Å². The van der Waals surface area contributed by atoms with Crippen LogP contribution in [0, 0.1) is 6.92 Å². The molecule has 0 atom stereocenters. The number of hydrogen-bond acceptors (Lipinski definition) is 4. The quantitative estimate of drug-likeness (QED) is 0.475. The Morgan fingerprint density at radius 2 is 1.90 bits per heavy atom. The van der Waals surface area contributed by atoms with Gasteiger partial charge in [0, 0.05) is 23.9 Å². The van der Waals surface area contributed by atoms with Crippen LogP contribution in [0.25, 0.3) is 11.0 Å². The predicted octanol–water partition coefficient (Wildman–Crippen LogP) is 4.50. The van der Waals surface area contributed by atoms with Gasteiger partial charge >= 0.3 is 6.09 Å². The summed E-state index contributed by atoms with van der Waals surface area (Å²) in [6, 6.07) is 17.2. The van der Waals surface area contributed by atoms with Crippen LogP contribution in [0.1, 0.15) is 16.8 Å². The summed E-state index contributed by atoms with van der Waals surface area (Å²) in [6.07, 6.45) is 3.08. The smallest absolute Gasteiger partial charge is 0.409 e. The molecular weight excluding hydrogens is 380 g/mol. The standard InChI is InChI=1S/C23H22N4O3/c1-16-20(14-27-15-25-19-8-4-5-9-21(19)27)24-12-10-22(16)30-13-11-17-6-2-3-7-18(17)26-23(28)29/h2-10,12,15,26H,11,13-14H2,1H3,(H,28,29). The average molecular weight is 402 g/mol. The third kappa shape index (κ3) is 4.25. The zero-order valence-electron chi connectivity index (χ0n) is 16.6. The molecule has 0 aliphatic rings. The number of carbonyl (C=O) groups is 1. The minimum absolute atomic E-state index is 0.427. The van der Waals surface area contributed by atoms with Crippen LogP contribution in [-0.2, 0) is 13.0 Å². The van der Waals surface area contributed by atoms with Crippen LogP contribution in [0.2, 0.25) is 0 Å². The predicted molar refractivity (Wildman–Crippen MR) is 115 cm³/mol.